The number of rotatable bonds is 1. The second kappa shape index (κ2) is 3.48. The second-order valence-corrected chi connectivity index (χ2v) is 3.72. The molecular weight excluding hydrogens is 160 g/mol. The van der Waals surface area contributed by atoms with Crippen molar-refractivity contribution in [2.45, 2.75) is 24.9 Å². The minimum atomic E-state index is -0.278. The Bertz CT molecular complexity index is 263. The lowest BCUT2D eigenvalue weighted by Gasteiger charge is -2.35. The van der Waals surface area contributed by atoms with Gasteiger partial charge in [0.2, 0.25) is 0 Å². The minimum absolute atomic E-state index is 0.278. The van der Waals surface area contributed by atoms with Gasteiger partial charge in [0, 0.05) is 0 Å². The molecule has 1 aromatic carbocycles. The van der Waals surface area contributed by atoms with Crippen LogP contribution in [0.25, 0.3) is 0 Å². The maximum absolute atomic E-state index is 6.27. The molecule has 1 saturated heterocycles. The number of nitrogens with one attached hydrogen (secondary N) is 1. The first-order chi connectivity index (χ1) is 6.31. The van der Waals surface area contributed by atoms with Gasteiger partial charge < -0.3 is 5.73 Å². The average molecular weight is 176 g/mol. The average Bonchev–Trinajstić information content (AvgIpc) is 2.20. The molecule has 1 heterocycles. The summed E-state index contributed by atoms with van der Waals surface area (Å²) in [6.45, 7) is 1.03. The van der Waals surface area contributed by atoms with Gasteiger partial charge in [-0.3, -0.25) is 5.32 Å². The molecule has 0 amide bonds. The molecule has 2 heteroatoms. The largest absolute Gasteiger partial charge is 0.310 e. The maximum atomic E-state index is 6.27. The first kappa shape index (κ1) is 8.73. The fraction of sp³-hybridized carbons (Fsp3) is 0.455. The van der Waals surface area contributed by atoms with Crippen molar-refractivity contribution in [3.8, 4) is 0 Å². The normalized spacial score (nSPS) is 28.7. The molecule has 0 aliphatic carbocycles. The smallest absolute Gasteiger partial charge is 0.0924 e. The third-order valence-electron chi connectivity index (χ3n) is 2.73. The zero-order valence-electron chi connectivity index (χ0n) is 7.79. The Balaban J connectivity index is 2.23. The SMILES string of the molecule is NC1(c2ccccc2)CCCCN1. The Kier molecular flexibility index (Phi) is 2.34. The molecule has 1 aliphatic rings. The zero-order chi connectivity index (χ0) is 9.15. The minimum Gasteiger partial charge on any atom is -0.310 e. The highest BCUT2D eigenvalue weighted by Gasteiger charge is 2.28. The summed E-state index contributed by atoms with van der Waals surface area (Å²) in [7, 11) is 0. The standard InChI is InChI=1S/C11H16N2/c12-11(8-4-5-9-13-11)10-6-2-1-3-7-10/h1-3,6-7,13H,4-5,8-9,12H2. The van der Waals surface area contributed by atoms with Crippen LogP contribution in [0.15, 0.2) is 30.3 Å². The highest BCUT2D eigenvalue weighted by Crippen LogP contribution is 2.24. The molecular formula is C11H16N2. The fourth-order valence-corrected chi connectivity index (χ4v) is 1.91. The van der Waals surface area contributed by atoms with Gasteiger partial charge in [0.1, 0.15) is 0 Å². The Morgan fingerprint density at radius 3 is 2.54 bits per heavy atom. The van der Waals surface area contributed by atoms with Crippen molar-refractivity contribution in [1.29, 1.82) is 0 Å². The number of nitrogens with two attached hydrogens (primary N) is 1. The number of piperidine rings is 1. The molecule has 70 valence electrons. The van der Waals surface area contributed by atoms with Gasteiger partial charge >= 0.3 is 0 Å². The van der Waals surface area contributed by atoms with Gasteiger partial charge in [0.05, 0.1) is 5.66 Å². The highest BCUT2D eigenvalue weighted by atomic mass is 15.1. The van der Waals surface area contributed by atoms with E-state index in [0.29, 0.717) is 0 Å². The lowest BCUT2D eigenvalue weighted by Crippen LogP contribution is -2.53. The van der Waals surface area contributed by atoms with E-state index in [1.807, 2.05) is 18.2 Å². The number of benzene rings is 1. The molecule has 3 N–H and O–H groups in total. The van der Waals surface area contributed by atoms with E-state index in [2.05, 4.69) is 17.4 Å². The summed E-state index contributed by atoms with van der Waals surface area (Å²) in [5.41, 5.74) is 7.19. The highest BCUT2D eigenvalue weighted by molar-refractivity contribution is 5.23. The van der Waals surface area contributed by atoms with E-state index < -0.39 is 0 Å². The molecule has 0 saturated carbocycles. The van der Waals surface area contributed by atoms with Crippen LogP contribution in [0, 0.1) is 0 Å². The van der Waals surface area contributed by atoms with E-state index >= 15 is 0 Å². The lowest BCUT2D eigenvalue weighted by molar-refractivity contribution is 0.266. The van der Waals surface area contributed by atoms with Crippen molar-refractivity contribution < 1.29 is 0 Å². The number of hydrogen-bond acceptors (Lipinski definition) is 2. The fourth-order valence-electron chi connectivity index (χ4n) is 1.91. The van der Waals surface area contributed by atoms with Crippen LogP contribution in [0.1, 0.15) is 24.8 Å². The second-order valence-electron chi connectivity index (χ2n) is 3.72. The van der Waals surface area contributed by atoms with Crippen LogP contribution in [0.2, 0.25) is 0 Å². The van der Waals surface area contributed by atoms with Gasteiger partial charge in [-0.25, -0.2) is 0 Å². The van der Waals surface area contributed by atoms with E-state index in [4.69, 9.17) is 5.73 Å². The summed E-state index contributed by atoms with van der Waals surface area (Å²) in [4.78, 5) is 0. The van der Waals surface area contributed by atoms with Crippen molar-refractivity contribution in [2.24, 2.45) is 5.73 Å². The van der Waals surface area contributed by atoms with Crippen LogP contribution >= 0.6 is 0 Å². The maximum Gasteiger partial charge on any atom is 0.0924 e. The van der Waals surface area contributed by atoms with Gasteiger partial charge in [-0.1, -0.05) is 30.3 Å². The predicted molar refractivity (Wildman–Crippen MR) is 54.2 cm³/mol. The summed E-state index contributed by atoms with van der Waals surface area (Å²) < 4.78 is 0. The summed E-state index contributed by atoms with van der Waals surface area (Å²) in [5.74, 6) is 0. The zero-order valence-corrected chi connectivity index (χ0v) is 7.79. The first-order valence-corrected chi connectivity index (χ1v) is 4.91. The third-order valence-corrected chi connectivity index (χ3v) is 2.73. The van der Waals surface area contributed by atoms with Crippen molar-refractivity contribution >= 4 is 0 Å². The molecule has 2 nitrogen and oxygen atoms in total. The summed E-state index contributed by atoms with van der Waals surface area (Å²) in [6, 6.07) is 10.3. The Hall–Kier alpha value is -0.860. The van der Waals surface area contributed by atoms with Gasteiger partial charge in [-0.05, 0) is 31.4 Å². The quantitative estimate of drug-likeness (QED) is 0.681. The molecule has 0 spiro atoms. The molecule has 1 atom stereocenters. The summed E-state index contributed by atoms with van der Waals surface area (Å²) in [6.07, 6.45) is 3.50. The topological polar surface area (TPSA) is 38.0 Å². The molecule has 0 radical (unpaired) electrons. The van der Waals surface area contributed by atoms with Crippen LogP contribution < -0.4 is 11.1 Å². The van der Waals surface area contributed by atoms with Crippen LogP contribution in [0.3, 0.4) is 0 Å². The van der Waals surface area contributed by atoms with E-state index in [1.165, 1.54) is 18.4 Å². The van der Waals surface area contributed by atoms with Crippen molar-refractivity contribution in [3.05, 3.63) is 35.9 Å². The van der Waals surface area contributed by atoms with Gasteiger partial charge in [0.15, 0.2) is 0 Å². The lowest BCUT2D eigenvalue weighted by atomic mass is 9.91. The van der Waals surface area contributed by atoms with E-state index in [0.717, 1.165) is 13.0 Å². The monoisotopic (exact) mass is 176 g/mol. The van der Waals surface area contributed by atoms with Crippen molar-refractivity contribution in [2.75, 3.05) is 6.54 Å². The van der Waals surface area contributed by atoms with Crippen molar-refractivity contribution in [1.82, 2.24) is 5.32 Å². The third kappa shape index (κ3) is 1.74. The predicted octanol–water partition coefficient (Wildman–Crippen LogP) is 1.57. The van der Waals surface area contributed by atoms with E-state index in [9.17, 15) is 0 Å². The van der Waals surface area contributed by atoms with Crippen LogP contribution in [0.4, 0.5) is 0 Å². The molecule has 1 fully saturated rings. The molecule has 1 aromatic rings. The molecule has 1 unspecified atom stereocenters. The van der Waals surface area contributed by atoms with Gasteiger partial charge in [-0.2, -0.15) is 0 Å². The number of hydrogen-bond donors (Lipinski definition) is 2. The van der Waals surface area contributed by atoms with E-state index in [-0.39, 0.29) is 5.66 Å². The van der Waals surface area contributed by atoms with Crippen LogP contribution in [-0.4, -0.2) is 6.54 Å². The molecule has 0 bridgehead atoms. The summed E-state index contributed by atoms with van der Waals surface area (Å²) >= 11 is 0. The van der Waals surface area contributed by atoms with Crippen LogP contribution in [0.5, 0.6) is 0 Å². The molecule has 13 heavy (non-hydrogen) atoms. The molecule has 2 rings (SSSR count). The van der Waals surface area contributed by atoms with Gasteiger partial charge in [-0.15, -0.1) is 0 Å². The van der Waals surface area contributed by atoms with E-state index in [1.54, 1.807) is 0 Å². The Morgan fingerprint density at radius 2 is 1.92 bits per heavy atom. The van der Waals surface area contributed by atoms with Gasteiger partial charge in [0.25, 0.3) is 0 Å². The van der Waals surface area contributed by atoms with Crippen molar-refractivity contribution in [3.63, 3.8) is 0 Å². The Morgan fingerprint density at radius 1 is 1.15 bits per heavy atom. The molecule has 0 aromatic heterocycles. The Labute approximate surface area is 79.1 Å². The van der Waals surface area contributed by atoms with Crippen LogP contribution in [-0.2, 0) is 5.66 Å². The summed E-state index contributed by atoms with van der Waals surface area (Å²) in [5, 5.41) is 3.39. The first-order valence-electron chi connectivity index (χ1n) is 4.91. The molecule has 1 aliphatic heterocycles.